The van der Waals surface area contributed by atoms with Crippen molar-refractivity contribution >= 4 is 21.8 Å². The van der Waals surface area contributed by atoms with Crippen LogP contribution in [-0.4, -0.2) is 28.9 Å². The van der Waals surface area contributed by atoms with Crippen LogP contribution < -0.4 is 0 Å². The van der Waals surface area contributed by atoms with E-state index in [0.717, 1.165) is 30.5 Å². The van der Waals surface area contributed by atoms with Crippen LogP contribution in [0.3, 0.4) is 0 Å². The van der Waals surface area contributed by atoms with E-state index in [2.05, 4.69) is 34.8 Å². The fraction of sp³-hybridized carbons (Fsp3) is 0.538. The van der Waals surface area contributed by atoms with Crippen molar-refractivity contribution in [3.63, 3.8) is 0 Å². The lowest BCUT2D eigenvalue weighted by molar-refractivity contribution is 0.0630. The molecule has 1 fully saturated rings. The Morgan fingerprint density at radius 3 is 2.53 bits per heavy atom. The smallest absolute Gasteiger partial charge is 0.255 e. The summed E-state index contributed by atoms with van der Waals surface area (Å²) in [6, 6.07) is 3.63. The van der Waals surface area contributed by atoms with Crippen LogP contribution in [0.5, 0.6) is 0 Å². The zero-order valence-electron chi connectivity index (χ0n) is 10.2. The van der Waals surface area contributed by atoms with Gasteiger partial charge in [-0.1, -0.05) is 13.8 Å². The van der Waals surface area contributed by atoms with Crippen LogP contribution in [0.15, 0.2) is 22.9 Å². The van der Waals surface area contributed by atoms with Crippen molar-refractivity contribution in [1.29, 1.82) is 0 Å². The summed E-state index contributed by atoms with van der Waals surface area (Å²) in [6.07, 6.45) is 3.78. The molecule has 1 aliphatic heterocycles. The molecular formula is C13H17BrN2O. The minimum atomic E-state index is 0.0977. The second-order valence-corrected chi connectivity index (χ2v) is 6.14. The number of hydrogen-bond donors (Lipinski definition) is 0. The van der Waals surface area contributed by atoms with Gasteiger partial charge in [0, 0.05) is 19.3 Å². The lowest BCUT2D eigenvalue weighted by atomic mass is 9.82. The second kappa shape index (κ2) is 4.77. The van der Waals surface area contributed by atoms with E-state index < -0.39 is 0 Å². The second-order valence-electron chi connectivity index (χ2n) is 5.33. The molecule has 1 amide bonds. The van der Waals surface area contributed by atoms with E-state index >= 15 is 0 Å². The molecule has 92 valence electrons. The summed E-state index contributed by atoms with van der Waals surface area (Å²) in [4.78, 5) is 18.2. The molecular weight excluding hydrogens is 280 g/mol. The van der Waals surface area contributed by atoms with Gasteiger partial charge >= 0.3 is 0 Å². The first-order valence-corrected chi connectivity index (χ1v) is 6.68. The van der Waals surface area contributed by atoms with E-state index in [1.54, 1.807) is 12.3 Å². The van der Waals surface area contributed by atoms with Crippen molar-refractivity contribution in [2.45, 2.75) is 26.7 Å². The third kappa shape index (κ3) is 3.06. The lowest BCUT2D eigenvalue weighted by Gasteiger charge is -2.36. The Hall–Kier alpha value is -0.900. The maximum atomic E-state index is 12.2. The van der Waals surface area contributed by atoms with Crippen molar-refractivity contribution in [2.24, 2.45) is 5.41 Å². The van der Waals surface area contributed by atoms with Gasteiger partial charge in [0.05, 0.1) is 5.56 Å². The van der Waals surface area contributed by atoms with Gasteiger partial charge in [0.15, 0.2) is 0 Å². The first-order chi connectivity index (χ1) is 7.98. The van der Waals surface area contributed by atoms with Gasteiger partial charge in [-0.2, -0.15) is 0 Å². The molecule has 1 aromatic heterocycles. The van der Waals surface area contributed by atoms with E-state index in [9.17, 15) is 4.79 Å². The number of aromatic nitrogens is 1. The molecule has 0 unspecified atom stereocenters. The fourth-order valence-corrected chi connectivity index (χ4v) is 2.23. The quantitative estimate of drug-likeness (QED) is 0.746. The molecule has 1 saturated heterocycles. The number of hydrogen-bond acceptors (Lipinski definition) is 2. The van der Waals surface area contributed by atoms with Crippen LogP contribution in [-0.2, 0) is 0 Å². The standard InChI is InChI=1S/C13H17BrN2O/c1-13(2)5-7-16(8-6-13)12(17)10-3-4-11(14)15-9-10/h3-4,9H,5-8H2,1-2H3. The lowest BCUT2D eigenvalue weighted by Crippen LogP contribution is -2.41. The average molecular weight is 297 g/mol. The van der Waals surface area contributed by atoms with Crippen LogP contribution in [0.25, 0.3) is 0 Å². The summed E-state index contributed by atoms with van der Waals surface area (Å²) in [7, 11) is 0. The molecule has 0 aliphatic carbocycles. The zero-order chi connectivity index (χ0) is 12.5. The summed E-state index contributed by atoms with van der Waals surface area (Å²) in [5, 5.41) is 0. The molecule has 0 saturated carbocycles. The third-order valence-corrected chi connectivity index (χ3v) is 3.85. The van der Waals surface area contributed by atoms with Gasteiger partial charge in [0.2, 0.25) is 0 Å². The normalized spacial score (nSPS) is 19.1. The molecule has 0 N–H and O–H groups in total. The molecule has 1 aliphatic rings. The largest absolute Gasteiger partial charge is 0.339 e. The van der Waals surface area contributed by atoms with Crippen LogP contribution in [0.1, 0.15) is 37.0 Å². The Morgan fingerprint density at radius 2 is 2.00 bits per heavy atom. The Kier molecular flexibility index (Phi) is 3.52. The Balaban J connectivity index is 2.04. The van der Waals surface area contributed by atoms with Crippen molar-refractivity contribution in [3.05, 3.63) is 28.5 Å². The summed E-state index contributed by atoms with van der Waals surface area (Å²) < 4.78 is 0.758. The third-order valence-electron chi connectivity index (χ3n) is 3.38. The number of piperidine rings is 1. The summed E-state index contributed by atoms with van der Waals surface area (Å²) in [6.45, 7) is 6.22. The molecule has 0 bridgehead atoms. The maximum Gasteiger partial charge on any atom is 0.255 e. The number of pyridine rings is 1. The monoisotopic (exact) mass is 296 g/mol. The fourth-order valence-electron chi connectivity index (χ4n) is 2.00. The van der Waals surface area contributed by atoms with Crippen molar-refractivity contribution in [3.8, 4) is 0 Å². The van der Waals surface area contributed by atoms with Crippen LogP contribution in [0.2, 0.25) is 0 Å². The van der Waals surface area contributed by atoms with Crippen molar-refractivity contribution in [1.82, 2.24) is 9.88 Å². The Bertz CT molecular complexity index is 404. The Labute approximate surface area is 110 Å². The Morgan fingerprint density at radius 1 is 1.35 bits per heavy atom. The number of halogens is 1. The van der Waals surface area contributed by atoms with Gasteiger partial charge in [-0.25, -0.2) is 4.98 Å². The first-order valence-electron chi connectivity index (χ1n) is 5.89. The molecule has 0 radical (unpaired) electrons. The van der Waals surface area contributed by atoms with Gasteiger partial charge < -0.3 is 4.90 Å². The van der Waals surface area contributed by atoms with Crippen LogP contribution >= 0.6 is 15.9 Å². The average Bonchev–Trinajstić information content (AvgIpc) is 2.29. The summed E-state index contributed by atoms with van der Waals surface area (Å²) in [5.41, 5.74) is 1.04. The van der Waals surface area contributed by atoms with E-state index in [-0.39, 0.29) is 5.91 Å². The molecule has 3 nitrogen and oxygen atoms in total. The summed E-state index contributed by atoms with van der Waals surface area (Å²) >= 11 is 3.27. The molecule has 2 heterocycles. The predicted octanol–water partition coefficient (Wildman–Crippen LogP) is 3.11. The van der Waals surface area contributed by atoms with Crippen LogP contribution in [0, 0.1) is 5.41 Å². The zero-order valence-corrected chi connectivity index (χ0v) is 11.8. The minimum absolute atomic E-state index is 0.0977. The van der Waals surface area contributed by atoms with Gasteiger partial charge in [0.1, 0.15) is 4.60 Å². The molecule has 17 heavy (non-hydrogen) atoms. The van der Waals surface area contributed by atoms with Crippen molar-refractivity contribution < 1.29 is 4.79 Å². The minimum Gasteiger partial charge on any atom is -0.339 e. The molecule has 4 heteroatoms. The van der Waals surface area contributed by atoms with Gasteiger partial charge in [-0.15, -0.1) is 0 Å². The number of rotatable bonds is 1. The highest BCUT2D eigenvalue weighted by Gasteiger charge is 2.28. The number of amides is 1. The molecule has 1 aromatic rings. The molecule has 2 rings (SSSR count). The number of carbonyl (C=O) groups excluding carboxylic acids is 1. The number of nitrogens with zero attached hydrogens (tertiary/aromatic N) is 2. The van der Waals surface area contributed by atoms with Crippen molar-refractivity contribution in [2.75, 3.05) is 13.1 Å². The highest BCUT2D eigenvalue weighted by Crippen LogP contribution is 2.30. The first kappa shape index (κ1) is 12.6. The van der Waals surface area contributed by atoms with E-state index in [1.807, 2.05) is 11.0 Å². The topological polar surface area (TPSA) is 33.2 Å². The van der Waals surface area contributed by atoms with E-state index in [1.165, 1.54) is 0 Å². The van der Waals surface area contributed by atoms with Gasteiger partial charge in [-0.3, -0.25) is 4.79 Å². The van der Waals surface area contributed by atoms with E-state index in [4.69, 9.17) is 0 Å². The van der Waals surface area contributed by atoms with Gasteiger partial charge in [-0.05, 0) is 46.3 Å². The molecule has 0 atom stereocenters. The SMILES string of the molecule is CC1(C)CCN(C(=O)c2ccc(Br)nc2)CC1. The van der Waals surface area contributed by atoms with Crippen LogP contribution in [0.4, 0.5) is 0 Å². The summed E-state index contributed by atoms with van der Waals surface area (Å²) in [5.74, 6) is 0.0977. The maximum absolute atomic E-state index is 12.2. The number of likely N-dealkylation sites (tertiary alicyclic amines) is 1. The number of carbonyl (C=O) groups is 1. The molecule has 0 aromatic carbocycles. The van der Waals surface area contributed by atoms with Gasteiger partial charge in [0.25, 0.3) is 5.91 Å². The predicted molar refractivity (Wildman–Crippen MR) is 70.9 cm³/mol. The highest BCUT2D eigenvalue weighted by atomic mass is 79.9. The van der Waals surface area contributed by atoms with E-state index in [0.29, 0.717) is 11.0 Å². The highest BCUT2D eigenvalue weighted by molar-refractivity contribution is 9.10. The molecule has 0 spiro atoms.